The maximum Gasteiger partial charge on any atom is 0.422 e. The molecule has 0 fully saturated rings. The van der Waals surface area contributed by atoms with Crippen molar-refractivity contribution in [2.24, 2.45) is 0 Å². The molecule has 2 N–H and O–H groups in total. The maximum atomic E-state index is 12.8. The van der Waals surface area contributed by atoms with Gasteiger partial charge in [-0.3, -0.25) is 0 Å². The zero-order chi connectivity index (χ0) is 13.3. The van der Waals surface area contributed by atoms with Gasteiger partial charge in [0, 0.05) is 5.69 Å². The van der Waals surface area contributed by atoms with Crippen LogP contribution in [0.4, 0.5) is 23.2 Å². The highest BCUT2D eigenvalue weighted by molar-refractivity contribution is 5.83. The summed E-state index contributed by atoms with van der Waals surface area (Å²) in [6.07, 6.45) is -5.01. The van der Waals surface area contributed by atoms with Crippen LogP contribution in [0, 0.1) is 5.82 Å². The minimum Gasteiger partial charge on any atom is -0.479 e. The van der Waals surface area contributed by atoms with E-state index in [-0.39, 0.29) is 5.69 Å². The SMILES string of the molecule is CC(Nc1cccc(F)c1)(C(=O)O)C(F)(F)F. The zero-order valence-corrected chi connectivity index (χ0v) is 8.68. The molecule has 0 heterocycles. The number of hydrogen-bond acceptors (Lipinski definition) is 2. The first-order valence-corrected chi connectivity index (χ1v) is 4.51. The van der Waals surface area contributed by atoms with Crippen molar-refractivity contribution in [2.45, 2.75) is 18.6 Å². The molecular weight excluding hydrogens is 242 g/mol. The first-order valence-electron chi connectivity index (χ1n) is 4.51. The monoisotopic (exact) mass is 251 g/mol. The number of carboxylic acids is 1. The lowest BCUT2D eigenvalue weighted by molar-refractivity contribution is -0.192. The highest BCUT2D eigenvalue weighted by Gasteiger charge is 2.57. The van der Waals surface area contributed by atoms with Gasteiger partial charge in [0.25, 0.3) is 0 Å². The van der Waals surface area contributed by atoms with Crippen LogP contribution in [0.1, 0.15) is 6.92 Å². The van der Waals surface area contributed by atoms with Crippen molar-refractivity contribution in [3.63, 3.8) is 0 Å². The second-order valence-electron chi connectivity index (χ2n) is 3.56. The van der Waals surface area contributed by atoms with Gasteiger partial charge in [0.2, 0.25) is 5.54 Å². The summed E-state index contributed by atoms with van der Waals surface area (Å²) in [5, 5.41) is 10.4. The smallest absolute Gasteiger partial charge is 0.422 e. The zero-order valence-electron chi connectivity index (χ0n) is 8.68. The third-order valence-corrected chi connectivity index (χ3v) is 2.21. The lowest BCUT2D eigenvalue weighted by Gasteiger charge is -2.29. The predicted octanol–water partition coefficient (Wildman–Crippen LogP) is 2.64. The van der Waals surface area contributed by atoms with E-state index in [0.717, 1.165) is 18.2 Å². The summed E-state index contributed by atoms with van der Waals surface area (Å²) < 4.78 is 50.6. The van der Waals surface area contributed by atoms with Gasteiger partial charge >= 0.3 is 12.1 Å². The average molecular weight is 251 g/mol. The summed E-state index contributed by atoms with van der Waals surface area (Å²) in [6.45, 7) is 0.472. The second kappa shape index (κ2) is 4.23. The van der Waals surface area contributed by atoms with Gasteiger partial charge in [-0.2, -0.15) is 13.2 Å². The van der Waals surface area contributed by atoms with Crippen LogP contribution in [0.3, 0.4) is 0 Å². The van der Waals surface area contributed by atoms with Crippen molar-refractivity contribution >= 4 is 11.7 Å². The highest BCUT2D eigenvalue weighted by Crippen LogP contribution is 2.33. The molecule has 1 unspecified atom stereocenters. The fourth-order valence-electron chi connectivity index (χ4n) is 1.10. The Labute approximate surface area is 94.1 Å². The molecule has 0 saturated heterocycles. The third-order valence-electron chi connectivity index (χ3n) is 2.21. The number of alkyl halides is 3. The van der Waals surface area contributed by atoms with Crippen molar-refractivity contribution in [2.75, 3.05) is 5.32 Å². The van der Waals surface area contributed by atoms with Gasteiger partial charge < -0.3 is 10.4 Å². The minimum absolute atomic E-state index is 0.257. The quantitative estimate of drug-likeness (QED) is 0.812. The largest absolute Gasteiger partial charge is 0.479 e. The molecule has 0 aliphatic heterocycles. The molecule has 1 aromatic carbocycles. The predicted molar refractivity (Wildman–Crippen MR) is 52.1 cm³/mol. The number of carbonyl (C=O) groups is 1. The standard InChI is InChI=1S/C10H9F4NO2/c1-9(8(16)17,10(12,13)14)15-7-4-2-3-6(11)5-7/h2-5,15H,1H3,(H,16,17). The molecule has 0 amide bonds. The maximum absolute atomic E-state index is 12.8. The normalized spacial score (nSPS) is 15.1. The van der Waals surface area contributed by atoms with E-state index >= 15 is 0 Å². The molecule has 94 valence electrons. The lowest BCUT2D eigenvalue weighted by Crippen LogP contribution is -2.55. The van der Waals surface area contributed by atoms with Crippen LogP contribution in [0.5, 0.6) is 0 Å². The first-order chi connectivity index (χ1) is 7.67. The Morgan fingerprint density at radius 3 is 2.35 bits per heavy atom. The van der Waals surface area contributed by atoms with E-state index in [1.165, 1.54) is 6.07 Å². The first kappa shape index (κ1) is 13.3. The number of aliphatic carboxylic acids is 1. The molecule has 1 atom stereocenters. The Kier molecular flexibility index (Phi) is 3.30. The third kappa shape index (κ3) is 2.66. The number of halogens is 4. The molecule has 0 radical (unpaired) electrons. The molecular formula is C10H9F4NO2. The van der Waals surface area contributed by atoms with Gasteiger partial charge in [-0.25, -0.2) is 9.18 Å². The number of nitrogens with one attached hydrogen (secondary N) is 1. The number of benzene rings is 1. The summed E-state index contributed by atoms with van der Waals surface area (Å²) in [6, 6.07) is 4.15. The van der Waals surface area contributed by atoms with Crippen LogP contribution < -0.4 is 5.32 Å². The molecule has 0 aliphatic carbocycles. The number of rotatable bonds is 3. The molecule has 0 bridgehead atoms. The Balaban J connectivity index is 3.08. The molecule has 0 spiro atoms. The Hall–Kier alpha value is -1.79. The van der Waals surface area contributed by atoms with Crippen molar-refractivity contribution in [3.05, 3.63) is 30.1 Å². The molecule has 3 nitrogen and oxygen atoms in total. The van der Waals surface area contributed by atoms with Gasteiger partial charge in [0.15, 0.2) is 0 Å². The van der Waals surface area contributed by atoms with Crippen molar-refractivity contribution in [1.29, 1.82) is 0 Å². The molecule has 0 saturated carbocycles. The van der Waals surface area contributed by atoms with E-state index in [1.54, 1.807) is 5.32 Å². The molecule has 0 aliphatic rings. The van der Waals surface area contributed by atoms with Crippen LogP contribution in [0.25, 0.3) is 0 Å². The lowest BCUT2D eigenvalue weighted by atomic mass is 10.0. The van der Waals surface area contributed by atoms with Crippen LogP contribution in [-0.4, -0.2) is 22.8 Å². The van der Waals surface area contributed by atoms with E-state index in [0.29, 0.717) is 6.92 Å². The van der Waals surface area contributed by atoms with Crippen LogP contribution >= 0.6 is 0 Å². The van der Waals surface area contributed by atoms with E-state index in [2.05, 4.69) is 0 Å². The second-order valence-corrected chi connectivity index (χ2v) is 3.56. The summed E-state index contributed by atoms with van der Waals surface area (Å²) in [5.41, 5.74) is -3.42. The number of anilines is 1. The Morgan fingerprint density at radius 2 is 1.94 bits per heavy atom. The van der Waals surface area contributed by atoms with Crippen LogP contribution in [-0.2, 0) is 4.79 Å². The van der Waals surface area contributed by atoms with Crippen molar-refractivity contribution in [1.82, 2.24) is 0 Å². The fraction of sp³-hybridized carbons (Fsp3) is 0.300. The van der Waals surface area contributed by atoms with Gasteiger partial charge in [-0.15, -0.1) is 0 Å². The Morgan fingerprint density at radius 1 is 1.35 bits per heavy atom. The molecule has 7 heteroatoms. The van der Waals surface area contributed by atoms with Crippen molar-refractivity contribution in [3.8, 4) is 0 Å². The van der Waals surface area contributed by atoms with Gasteiger partial charge in [0.1, 0.15) is 5.82 Å². The topological polar surface area (TPSA) is 49.3 Å². The molecule has 0 aromatic heterocycles. The van der Waals surface area contributed by atoms with Crippen LogP contribution in [0.2, 0.25) is 0 Å². The molecule has 1 rings (SSSR count). The van der Waals surface area contributed by atoms with E-state index in [9.17, 15) is 22.4 Å². The fourth-order valence-corrected chi connectivity index (χ4v) is 1.10. The summed E-state index contributed by atoms with van der Waals surface area (Å²) in [4.78, 5) is 10.7. The Bertz CT molecular complexity index is 433. The minimum atomic E-state index is -5.01. The van der Waals surface area contributed by atoms with E-state index in [4.69, 9.17) is 5.11 Å². The average Bonchev–Trinajstić information content (AvgIpc) is 2.15. The van der Waals surface area contributed by atoms with E-state index < -0.39 is 23.5 Å². The van der Waals surface area contributed by atoms with Crippen molar-refractivity contribution < 1.29 is 27.5 Å². The summed E-state index contributed by atoms with van der Waals surface area (Å²) in [7, 11) is 0. The number of carboxylic acid groups (broad SMARTS) is 1. The summed E-state index contributed by atoms with van der Waals surface area (Å²) in [5.74, 6) is -2.85. The number of hydrogen-bond donors (Lipinski definition) is 2. The van der Waals surface area contributed by atoms with Gasteiger partial charge in [0.05, 0.1) is 0 Å². The highest BCUT2D eigenvalue weighted by atomic mass is 19.4. The van der Waals surface area contributed by atoms with Gasteiger partial charge in [-0.05, 0) is 25.1 Å². The van der Waals surface area contributed by atoms with E-state index in [1.807, 2.05) is 0 Å². The van der Waals surface area contributed by atoms with Gasteiger partial charge in [-0.1, -0.05) is 6.07 Å². The summed E-state index contributed by atoms with van der Waals surface area (Å²) >= 11 is 0. The molecule has 1 aromatic rings. The van der Waals surface area contributed by atoms with Crippen LogP contribution in [0.15, 0.2) is 24.3 Å². The molecule has 17 heavy (non-hydrogen) atoms.